The number of hydrogen-bond donors (Lipinski definition) is 2. The molecule has 0 heterocycles. The Morgan fingerprint density at radius 2 is 1.85 bits per heavy atom. The number of aliphatic imine (C=N–C) groups is 1. The molecule has 20 heavy (non-hydrogen) atoms. The third kappa shape index (κ3) is 5.43. The van der Waals surface area contributed by atoms with Crippen molar-refractivity contribution in [3.05, 3.63) is 29.8 Å². The summed E-state index contributed by atoms with van der Waals surface area (Å²) in [5, 5.41) is 12.1. The van der Waals surface area contributed by atoms with E-state index in [9.17, 15) is 4.79 Å². The molecule has 0 atom stereocenters. The Morgan fingerprint density at radius 3 is 2.40 bits per heavy atom. The zero-order valence-corrected chi connectivity index (χ0v) is 12.9. The van der Waals surface area contributed by atoms with Crippen LogP contribution in [-0.4, -0.2) is 23.0 Å². The summed E-state index contributed by atoms with van der Waals surface area (Å²) in [6.07, 6.45) is 2.53. The minimum absolute atomic E-state index is 0.191. The van der Waals surface area contributed by atoms with Gasteiger partial charge in [0.15, 0.2) is 0 Å². The number of anilines is 1. The SMILES string of the molecule is CC(C)(C)CC(C)(C)N=CNc1ccccc1C(=O)O. The van der Waals surface area contributed by atoms with Crippen LogP contribution in [0.1, 0.15) is 51.4 Å². The van der Waals surface area contributed by atoms with Gasteiger partial charge in [-0.2, -0.15) is 0 Å². The number of benzene rings is 1. The Labute approximate surface area is 120 Å². The molecule has 0 saturated carbocycles. The van der Waals surface area contributed by atoms with Gasteiger partial charge < -0.3 is 10.4 Å². The van der Waals surface area contributed by atoms with E-state index in [1.807, 2.05) is 0 Å². The number of carboxylic acid groups (broad SMARTS) is 1. The number of nitrogens with zero attached hydrogens (tertiary/aromatic N) is 1. The van der Waals surface area contributed by atoms with Crippen LogP contribution < -0.4 is 5.32 Å². The van der Waals surface area contributed by atoms with E-state index in [-0.39, 0.29) is 16.5 Å². The fraction of sp³-hybridized carbons (Fsp3) is 0.500. The molecule has 0 fully saturated rings. The molecule has 0 aliphatic rings. The number of para-hydroxylation sites is 1. The predicted molar refractivity (Wildman–Crippen MR) is 83.7 cm³/mol. The van der Waals surface area contributed by atoms with Crippen molar-refractivity contribution >= 4 is 18.0 Å². The predicted octanol–water partition coefficient (Wildman–Crippen LogP) is 4.04. The average Bonchev–Trinajstić information content (AvgIpc) is 2.25. The first kappa shape index (κ1) is 16.2. The van der Waals surface area contributed by atoms with Crippen LogP contribution in [0.25, 0.3) is 0 Å². The second kappa shape index (κ2) is 6.07. The molecule has 0 bridgehead atoms. The normalized spacial score (nSPS) is 12.7. The fourth-order valence-electron chi connectivity index (χ4n) is 2.42. The summed E-state index contributed by atoms with van der Waals surface area (Å²) in [4.78, 5) is 15.6. The van der Waals surface area contributed by atoms with Crippen LogP contribution in [0.3, 0.4) is 0 Å². The van der Waals surface area contributed by atoms with Gasteiger partial charge >= 0.3 is 5.97 Å². The summed E-state index contributed by atoms with van der Waals surface area (Å²) in [6, 6.07) is 6.79. The van der Waals surface area contributed by atoms with Crippen LogP contribution in [0.15, 0.2) is 29.3 Å². The van der Waals surface area contributed by atoms with Crippen LogP contribution in [0, 0.1) is 5.41 Å². The van der Waals surface area contributed by atoms with Crippen LogP contribution in [-0.2, 0) is 0 Å². The molecule has 4 nitrogen and oxygen atoms in total. The molecule has 0 spiro atoms. The van der Waals surface area contributed by atoms with Gasteiger partial charge in [0.1, 0.15) is 0 Å². The quantitative estimate of drug-likeness (QED) is 0.630. The lowest BCUT2D eigenvalue weighted by molar-refractivity contribution is 0.0698. The molecule has 0 aliphatic heterocycles. The number of hydrogen-bond acceptors (Lipinski definition) is 2. The standard InChI is InChI=1S/C16H24N2O2/c1-15(2,3)10-16(4,5)18-11-17-13-9-7-6-8-12(13)14(19)20/h6-9,11H,10H2,1-5H3,(H,17,18)(H,19,20). The Kier molecular flexibility index (Phi) is 4.93. The van der Waals surface area contributed by atoms with Crippen molar-refractivity contribution in [3.63, 3.8) is 0 Å². The van der Waals surface area contributed by atoms with Crippen LogP contribution in [0.5, 0.6) is 0 Å². The summed E-state index contributed by atoms with van der Waals surface area (Å²) in [7, 11) is 0. The average molecular weight is 276 g/mol. The molecule has 0 unspecified atom stereocenters. The van der Waals surface area contributed by atoms with Gasteiger partial charge in [-0.25, -0.2) is 4.79 Å². The van der Waals surface area contributed by atoms with Gasteiger partial charge in [-0.15, -0.1) is 0 Å². The van der Waals surface area contributed by atoms with E-state index in [4.69, 9.17) is 5.11 Å². The van der Waals surface area contributed by atoms with E-state index < -0.39 is 5.97 Å². The van der Waals surface area contributed by atoms with Gasteiger partial charge in [-0.1, -0.05) is 32.9 Å². The Balaban J connectivity index is 2.77. The van der Waals surface area contributed by atoms with Crippen molar-refractivity contribution in [1.82, 2.24) is 0 Å². The molecule has 0 amide bonds. The molecule has 4 heteroatoms. The number of aromatic carboxylic acids is 1. The second-order valence-corrected chi connectivity index (χ2v) is 6.80. The van der Waals surface area contributed by atoms with Crippen LogP contribution in [0.2, 0.25) is 0 Å². The first-order chi connectivity index (χ1) is 9.11. The molecule has 1 aromatic carbocycles. The highest BCUT2D eigenvalue weighted by Gasteiger charge is 2.24. The largest absolute Gasteiger partial charge is 0.478 e. The van der Waals surface area contributed by atoms with E-state index >= 15 is 0 Å². The topological polar surface area (TPSA) is 61.7 Å². The maximum atomic E-state index is 11.1. The monoisotopic (exact) mass is 276 g/mol. The third-order valence-corrected chi connectivity index (χ3v) is 2.75. The Morgan fingerprint density at radius 1 is 1.25 bits per heavy atom. The lowest BCUT2D eigenvalue weighted by Gasteiger charge is -2.28. The molecule has 0 aliphatic carbocycles. The molecule has 0 saturated heterocycles. The van der Waals surface area contributed by atoms with Crippen LogP contribution >= 0.6 is 0 Å². The third-order valence-electron chi connectivity index (χ3n) is 2.75. The second-order valence-electron chi connectivity index (χ2n) is 6.80. The number of carboxylic acids is 1. The minimum atomic E-state index is -0.949. The summed E-state index contributed by atoms with van der Waals surface area (Å²) < 4.78 is 0. The molecule has 1 rings (SSSR count). The highest BCUT2D eigenvalue weighted by Crippen LogP contribution is 2.29. The fourth-order valence-corrected chi connectivity index (χ4v) is 2.42. The van der Waals surface area contributed by atoms with Gasteiger partial charge in [0.05, 0.1) is 23.1 Å². The molecule has 110 valence electrons. The minimum Gasteiger partial charge on any atom is -0.478 e. The van der Waals surface area contributed by atoms with E-state index in [0.29, 0.717) is 5.69 Å². The molecular weight excluding hydrogens is 252 g/mol. The first-order valence-corrected chi connectivity index (χ1v) is 6.73. The molecule has 0 radical (unpaired) electrons. The van der Waals surface area contributed by atoms with Crippen molar-refractivity contribution in [2.45, 2.75) is 46.6 Å². The van der Waals surface area contributed by atoms with E-state index in [1.165, 1.54) is 0 Å². The van der Waals surface area contributed by atoms with Crippen molar-refractivity contribution in [2.75, 3.05) is 5.32 Å². The number of rotatable bonds is 5. The van der Waals surface area contributed by atoms with Crippen molar-refractivity contribution < 1.29 is 9.90 Å². The highest BCUT2D eigenvalue weighted by atomic mass is 16.4. The zero-order chi connectivity index (χ0) is 15.4. The summed E-state index contributed by atoms with van der Waals surface area (Å²) in [6.45, 7) is 10.7. The van der Waals surface area contributed by atoms with Crippen molar-refractivity contribution in [2.24, 2.45) is 10.4 Å². The Hall–Kier alpha value is -1.84. The van der Waals surface area contributed by atoms with Crippen molar-refractivity contribution in [3.8, 4) is 0 Å². The van der Waals surface area contributed by atoms with Gasteiger partial charge in [-0.3, -0.25) is 4.99 Å². The first-order valence-electron chi connectivity index (χ1n) is 6.73. The van der Waals surface area contributed by atoms with Crippen molar-refractivity contribution in [1.29, 1.82) is 0 Å². The van der Waals surface area contributed by atoms with E-state index in [0.717, 1.165) is 6.42 Å². The molecule has 0 aromatic heterocycles. The lowest BCUT2D eigenvalue weighted by atomic mass is 9.82. The van der Waals surface area contributed by atoms with Crippen LogP contribution in [0.4, 0.5) is 5.69 Å². The molecule has 1 aromatic rings. The van der Waals surface area contributed by atoms with E-state index in [1.54, 1.807) is 30.6 Å². The highest BCUT2D eigenvalue weighted by molar-refractivity contribution is 5.96. The Bertz CT molecular complexity index is 499. The van der Waals surface area contributed by atoms with Gasteiger partial charge in [0, 0.05) is 0 Å². The van der Waals surface area contributed by atoms with Gasteiger partial charge in [-0.05, 0) is 37.8 Å². The number of nitrogens with one attached hydrogen (secondary N) is 1. The molecule has 2 N–H and O–H groups in total. The summed E-state index contributed by atoms with van der Waals surface area (Å²) in [5.74, 6) is -0.949. The maximum absolute atomic E-state index is 11.1. The van der Waals surface area contributed by atoms with E-state index in [2.05, 4.69) is 44.9 Å². The lowest BCUT2D eigenvalue weighted by Crippen LogP contribution is -2.25. The van der Waals surface area contributed by atoms with Gasteiger partial charge in [0.2, 0.25) is 0 Å². The summed E-state index contributed by atoms with van der Waals surface area (Å²) in [5.41, 5.74) is 0.798. The maximum Gasteiger partial charge on any atom is 0.337 e. The number of carbonyl (C=O) groups is 1. The summed E-state index contributed by atoms with van der Waals surface area (Å²) >= 11 is 0. The molecular formula is C16H24N2O2. The van der Waals surface area contributed by atoms with Gasteiger partial charge in [0.25, 0.3) is 0 Å². The zero-order valence-electron chi connectivity index (χ0n) is 12.9. The smallest absolute Gasteiger partial charge is 0.337 e.